The fourth-order valence-corrected chi connectivity index (χ4v) is 11.4. The molecule has 0 saturated carbocycles. The molecule has 0 fully saturated rings. The Bertz CT molecular complexity index is 3370. The summed E-state index contributed by atoms with van der Waals surface area (Å²) < 4.78 is 2.61. The van der Waals surface area contributed by atoms with Crippen LogP contribution in [0.15, 0.2) is 237 Å². The minimum absolute atomic E-state index is 0.449. The number of hydrogen-bond donors (Lipinski definition) is 0. The van der Waals surface area contributed by atoms with Crippen molar-refractivity contribution < 1.29 is 0 Å². The molecule has 0 N–H and O–H groups in total. The quantitative estimate of drug-likeness (QED) is 0.155. The van der Waals surface area contributed by atoms with Crippen molar-refractivity contribution in [3.8, 4) is 33.4 Å². The SMILES string of the molecule is c1ccc(C2(c3ccccc3)c3ccccc3-c3c(-c4ccc(N(c5ccccc5-c5cccc6sc7ccccc7c56)c5cccc6ccccc56)cc4)cccc32)cc1. The number of thiophene rings is 1. The van der Waals surface area contributed by atoms with Crippen molar-refractivity contribution in [1.29, 1.82) is 0 Å². The predicted octanol–water partition coefficient (Wildman–Crippen LogP) is 16.4. The smallest absolute Gasteiger partial charge is 0.0713 e. The van der Waals surface area contributed by atoms with E-state index in [-0.39, 0.29) is 0 Å². The molecular formula is C59H39NS. The van der Waals surface area contributed by atoms with Crippen molar-refractivity contribution in [3.63, 3.8) is 0 Å². The van der Waals surface area contributed by atoms with E-state index in [1.165, 1.54) is 86.6 Å². The molecule has 1 heterocycles. The van der Waals surface area contributed by atoms with Crippen LogP contribution in [-0.4, -0.2) is 0 Å². The average Bonchev–Trinajstić information content (AvgIpc) is 3.87. The third-order valence-electron chi connectivity index (χ3n) is 12.8. The lowest BCUT2D eigenvalue weighted by Crippen LogP contribution is -2.28. The fraction of sp³-hybridized carbons (Fsp3) is 0.0169. The number of nitrogens with zero attached hydrogens (tertiary/aromatic N) is 1. The van der Waals surface area contributed by atoms with Gasteiger partial charge in [-0.15, -0.1) is 11.3 Å². The summed E-state index contributed by atoms with van der Waals surface area (Å²) in [6, 6.07) is 87.2. The Labute approximate surface area is 360 Å². The molecule has 1 nitrogen and oxygen atoms in total. The van der Waals surface area contributed by atoms with Crippen molar-refractivity contribution in [2.75, 3.05) is 4.90 Å². The summed E-state index contributed by atoms with van der Waals surface area (Å²) in [5.74, 6) is 0. The molecule has 10 aromatic carbocycles. The Balaban J connectivity index is 1.06. The molecule has 0 unspecified atom stereocenters. The Morgan fingerprint density at radius 2 is 0.885 bits per heavy atom. The highest BCUT2D eigenvalue weighted by Crippen LogP contribution is 2.58. The van der Waals surface area contributed by atoms with Crippen LogP contribution < -0.4 is 4.90 Å². The minimum atomic E-state index is -0.449. The zero-order chi connectivity index (χ0) is 40.3. The first-order valence-electron chi connectivity index (χ1n) is 21.0. The van der Waals surface area contributed by atoms with Gasteiger partial charge in [0.2, 0.25) is 0 Å². The summed E-state index contributed by atoms with van der Waals surface area (Å²) in [4.78, 5) is 2.47. The van der Waals surface area contributed by atoms with E-state index in [9.17, 15) is 0 Å². The van der Waals surface area contributed by atoms with E-state index in [2.05, 4.69) is 241 Å². The molecule has 2 heteroatoms. The van der Waals surface area contributed by atoms with E-state index in [4.69, 9.17) is 0 Å². The molecule has 0 atom stereocenters. The molecule has 0 bridgehead atoms. The van der Waals surface area contributed by atoms with Gasteiger partial charge in [-0.05, 0) is 91.9 Å². The number of rotatable bonds is 7. The Kier molecular flexibility index (Phi) is 8.33. The van der Waals surface area contributed by atoms with Gasteiger partial charge in [0.1, 0.15) is 0 Å². The second kappa shape index (κ2) is 14.3. The lowest BCUT2D eigenvalue weighted by molar-refractivity contribution is 0.768. The Morgan fingerprint density at radius 3 is 1.69 bits per heavy atom. The van der Waals surface area contributed by atoms with Crippen LogP contribution in [0.3, 0.4) is 0 Å². The molecule has 0 amide bonds. The third-order valence-corrected chi connectivity index (χ3v) is 13.9. The Morgan fingerprint density at radius 1 is 0.344 bits per heavy atom. The van der Waals surface area contributed by atoms with E-state index in [0.717, 1.165) is 17.1 Å². The maximum Gasteiger partial charge on any atom is 0.0713 e. The van der Waals surface area contributed by atoms with Gasteiger partial charge in [0.05, 0.1) is 16.8 Å². The van der Waals surface area contributed by atoms with Crippen molar-refractivity contribution in [1.82, 2.24) is 0 Å². The summed E-state index contributed by atoms with van der Waals surface area (Å²) in [7, 11) is 0. The maximum atomic E-state index is 2.47. The average molecular weight is 794 g/mol. The molecule has 0 aliphatic heterocycles. The van der Waals surface area contributed by atoms with Crippen LogP contribution >= 0.6 is 11.3 Å². The standard InChI is InChI=1S/C59H39NS/c1-3-20-42(21-4-1)59(43-22-5-2-6-23-43)51-30-12-9-26-49(51)57-46(28-16-31-52(57)59)41-36-38-44(39-37-41)60(53-33-15-19-40-18-7-8-24-45(40)53)54-32-13-10-25-47(54)48-29-17-35-56-58(48)50-27-11-14-34-55(50)61-56/h1-39H. The monoisotopic (exact) mass is 793 g/mol. The van der Waals surface area contributed by atoms with Gasteiger partial charge >= 0.3 is 0 Å². The van der Waals surface area contributed by atoms with Crippen molar-refractivity contribution in [3.05, 3.63) is 259 Å². The first-order valence-corrected chi connectivity index (χ1v) is 21.8. The van der Waals surface area contributed by atoms with E-state index in [1.807, 2.05) is 11.3 Å². The first kappa shape index (κ1) is 35.4. The summed E-state index contributed by atoms with van der Waals surface area (Å²) >= 11 is 1.87. The highest BCUT2D eigenvalue weighted by atomic mass is 32.1. The molecule has 1 aliphatic carbocycles. The topological polar surface area (TPSA) is 3.24 Å². The highest BCUT2D eigenvalue weighted by molar-refractivity contribution is 7.25. The maximum absolute atomic E-state index is 2.47. The zero-order valence-electron chi connectivity index (χ0n) is 33.4. The molecule has 1 aromatic heterocycles. The second-order valence-electron chi connectivity index (χ2n) is 15.9. The Hall–Kier alpha value is -7.52. The number of benzene rings is 10. The molecule has 0 spiro atoms. The van der Waals surface area contributed by atoms with Gasteiger partial charge in [0, 0.05) is 36.8 Å². The van der Waals surface area contributed by atoms with Crippen LogP contribution in [0, 0.1) is 0 Å². The van der Waals surface area contributed by atoms with Gasteiger partial charge in [-0.1, -0.05) is 200 Å². The van der Waals surface area contributed by atoms with Gasteiger partial charge < -0.3 is 4.90 Å². The van der Waals surface area contributed by atoms with Crippen LogP contribution in [0.5, 0.6) is 0 Å². The fourth-order valence-electron chi connectivity index (χ4n) is 10.2. The summed E-state index contributed by atoms with van der Waals surface area (Å²) in [6.07, 6.45) is 0. The summed E-state index contributed by atoms with van der Waals surface area (Å²) in [6.45, 7) is 0. The normalized spacial score (nSPS) is 12.7. The number of hydrogen-bond acceptors (Lipinski definition) is 2. The van der Waals surface area contributed by atoms with Crippen molar-refractivity contribution in [2.45, 2.75) is 5.41 Å². The van der Waals surface area contributed by atoms with E-state index >= 15 is 0 Å². The molecule has 286 valence electrons. The predicted molar refractivity (Wildman–Crippen MR) is 260 cm³/mol. The van der Waals surface area contributed by atoms with E-state index in [0.29, 0.717) is 0 Å². The number of fused-ring (bicyclic) bond motifs is 7. The molecule has 11 aromatic rings. The van der Waals surface area contributed by atoms with Crippen LogP contribution in [0.2, 0.25) is 0 Å². The van der Waals surface area contributed by atoms with Gasteiger partial charge in [0.15, 0.2) is 0 Å². The number of anilines is 3. The third kappa shape index (κ3) is 5.46. The van der Waals surface area contributed by atoms with E-state index < -0.39 is 5.41 Å². The summed E-state index contributed by atoms with van der Waals surface area (Å²) in [5.41, 5.74) is 15.6. The molecule has 0 saturated heterocycles. The largest absolute Gasteiger partial charge is 0.309 e. The second-order valence-corrected chi connectivity index (χ2v) is 17.0. The molecule has 0 radical (unpaired) electrons. The lowest BCUT2D eigenvalue weighted by Gasteiger charge is -2.34. The molecule has 61 heavy (non-hydrogen) atoms. The van der Waals surface area contributed by atoms with Crippen LogP contribution in [0.25, 0.3) is 64.3 Å². The van der Waals surface area contributed by atoms with Crippen LogP contribution in [0.4, 0.5) is 17.1 Å². The highest BCUT2D eigenvalue weighted by Gasteiger charge is 2.46. The zero-order valence-corrected chi connectivity index (χ0v) is 34.2. The first-order chi connectivity index (χ1) is 30.3. The van der Waals surface area contributed by atoms with E-state index in [1.54, 1.807) is 0 Å². The molecule has 1 aliphatic rings. The van der Waals surface area contributed by atoms with Crippen LogP contribution in [-0.2, 0) is 5.41 Å². The van der Waals surface area contributed by atoms with Gasteiger partial charge in [-0.25, -0.2) is 0 Å². The minimum Gasteiger partial charge on any atom is -0.309 e. The lowest BCUT2D eigenvalue weighted by atomic mass is 9.67. The number of para-hydroxylation sites is 1. The molecule has 12 rings (SSSR count). The van der Waals surface area contributed by atoms with Gasteiger partial charge in [-0.2, -0.15) is 0 Å². The summed E-state index contributed by atoms with van der Waals surface area (Å²) in [5, 5.41) is 5.03. The molecular weight excluding hydrogens is 755 g/mol. The van der Waals surface area contributed by atoms with Gasteiger partial charge in [0.25, 0.3) is 0 Å². The van der Waals surface area contributed by atoms with Gasteiger partial charge in [-0.3, -0.25) is 0 Å². The van der Waals surface area contributed by atoms with Crippen molar-refractivity contribution in [2.24, 2.45) is 0 Å². The van der Waals surface area contributed by atoms with Crippen LogP contribution in [0.1, 0.15) is 22.3 Å². The van der Waals surface area contributed by atoms with Crippen molar-refractivity contribution >= 4 is 59.3 Å².